The van der Waals surface area contributed by atoms with Crippen molar-refractivity contribution >= 4 is 15.9 Å². The number of piperidine rings is 1. The predicted molar refractivity (Wildman–Crippen MR) is 117 cm³/mol. The average Bonchev–Trinajstić information content (AvgIpc) is 2.79. The standard InChI is InChI=1S/C23H28N2O5S/c1-16-9-11-25(12-10-16)31(27,28)20-6-3-18(4-7-20)23(26)24-17(2)19-5-8-21-22(15-19)30-14-13-29-21/h3-8,15-17H,9-14H2,1-2H3,(H,24,26). The van der Waals surface area contributed by atoms with Gasteiger partial charge in [-0.25, -0.2) is 8.42 Å². The van der Waals surface area contributed by atoms with Gasteiger partial charge < -0.3 is 14.8 Å². The number of sulfonamides is 1. The molecule has 2 aromatic rings. The van der Waals surface area contributed by atoms with Crippen molar-refractivity contribution in [2.24, 2.45) is 5.92 Å². The second kappa shape index (κ2) is 8.88. The molecule has 0 saturated carbocycles. The molecule has 166 valence electrons. The molecule has 0 aromatic heterocycles. The van der Waals surface area contributed by atoms with Crippen molar-refractivity contribution in [3.8, 4) is 11.5 Å². The maximum Gasteiger partial charge on any atom is 0.251 e. The van der Waals surface area contributed by atoms with Gasteiger partial charge in [-0.15, -0.1) is 0 Å². The molecule has 1 fully saturated rings. The lowest BCUT2D eigenvalue weighted by Crippen LogP contribution is -2.37. The monoisotopic (exact) mass is 444 g/mol. The van der Waals surface area contributed by atoms with Crippen LogP contribution in [-0.2, 0) is 10.0 Å². The molecular weight excluding hydrogens is 416 g/mol. The van der Waals surface area contributed by atoms with Crippen molar-refractivity contribution < 1.29 is 22.7 Å². The molecular formula is C23H28N2O5S. The van der Waals surface area contributed by atoms with Gasteiger partial charge in [0.2, 0.25) is 10.0 Å². The highest BCUT2D eigenvalue weighted by molar-refractivity contribution is 7.89. The average molecular weight is 445 g/mol. The molecule has 7 nitrogen and oxygen atoms in total. The number of hydrogen-bond acceptors (Lipinski definition) is 5. The second-order valence-corrected chi connectivity index (χ2v) is 10.1. The van der Waals surface area contributed by atoms with E-state index in [-0.39, 0.29) is 16.8 Å². The van der Waals surface area contributed by atoms with E-state index in [1.165, 1.54) is 16.4 Å². The highest BCUT2D eigenvalue weighted by Crippen LogP contribution is 2.32. The quantitative estimate of drug-likeness (QED) is 0.764. The molecule has 1 atom stereocenters. The summed E-state index contributed by atoms with van der Waals surface area (Å²) >= 11 is 0. The number of amides is 1. The highest BCUT2D eigenvalue weighted by atomic mass is 32.2. The van der Waals surface area contributed by atoms with Crippen LogP contribution >= 0.6 is 0 Å². The molecule has 0 aliphatic carbocycles. The number of rotatable bonds is 5. The fourth-order valence-corrected chi connectivity index (χ4v) is 5.31. The summed E-state index contributed by atoms with van der Waals surface area (Å²) in [6.07, 6.45) is 1.74. The lowest BCUT2D eigenvalue weighted by Gasteiger charge is -2.29. The Kier molecular flexibility index (Phi) is 6.20. The van der Waals surface area contributed by atoms with Crippen molar-refractivity contribution in [2.45, 2.75) is 37.6 Å². The number of ether oxygens (including phenoxy) is 2. The highest BCUT2D eigenvalue weighted by Gasteiger charge is 2.28. The van der Waals surface area contributed by atoms with Crippen molar-refractivity contribution in [3.63, 3.8) is 0 Å². The Morgan fingerprint density at radius 2 is 1.68 bits per heavy atom. The van der Waals surface area contributed by atoms with Crippen LogP contribution in [0.3, 0.4) is 0 Å². The van der Waals surface area contributed by atoms with Gasteiger partial charge in [-0.1, -0.05) is 13.0 Å². The van der Waals surface area contributed by atoms with E-state index in [1.807, 2.05) is 25.1 Å². The molecule has 1 N–H and O–H groups in total. The second-order valence-electron chi connectivity index (χ2n) is 8.21. The van der Waals surface area contributed by atoms with Gasteiger partial charge in [-0.2, -0.15) is 4.31 Å². The predicted octanol–water partition coefficient (Wildman–Crippen LogP) is 3.37. The van der Waals surface area contributed by atoms with E-state index < -0.39 is 10.0 Å². The summed E-state index contributed by atoms with van der Waals surface area (Å²) in [5.41, 5.74) is 1.31. The first-order valence-corrected chi connectivity index (χ1v) is 12.1. The maximum absolute atomic E-state index is 12.9. The zero-order valence-electron chi connectivity index (χ0n) is 17.8. The van der Waals surface area contributed by atoms with Crippen LogP contribution in [-0.4, -0.2) is 44.9 Å². The number of benzene rings is 2. The molecule has 2 aliphatic rings. The van der Waals surface area contributed by atoms with Gasteiger partial charge in [0, 0.05) is 18.7 Å². The summed E-state index contributed by atoms with van der Waals surface area (Å²) in [6, 6.07) is 11.5. The summed E-state index contributed by atoms with van der Waals surface area (Å²) in [5.74, 6) is 1.66. The Bertz CT molecular complexity index is 1040. The molecule has 0 radical (unpaired) electrons. The summed E-state index contributed by atoms with van der Waals surface area (Å²) in [5, 5.41) is 2.95. The summed E-state index contributed by atoms with van der Waals surface area (Å²) in [7, 11) is -3.53. The molecule has 1 amide bonds. The molecule has 1 unspecified atom stereocenters. The van der Waals surface area contributed by atoms with Gasteiger partial charge in [0.05, 0.1) is 10.9 Å². The molecule has 4 rings (SSSR count). The Morgan fingerprint density at radius 1 is 1.03 bits per heavy atom. The first-order chi connectivity index (χ1) is 14.8. The van der Waals surface area contributed by atoms with Crippen LogP contribution in [0.4, 0.5) is 0 Å². The fraction of sp³-hybridized carbons (Fsp3) is 0.435. The van der Waals surface area contributed by atoms with Gasteiger partial charge in [-0.05, 0) is 67.6 Å². The first-order valence-electron chi connectivity index (χ1n) is 10.7. The van der Waals surface area contributed by atoms with Gasteiger partial charge in [0.25, 0.3) is 5.91 Å². The minimum atomic E-state index is -3.53. The van der Waals surface area contributed by atoms with E-state index in [2.05, 4.69) is 12.2 Å². The molecule has 31 heavy (non-hydrogen) atoms. The van der Waals surface area contributed by atoms with E-state index in [1.54, 1.807) is 12.1 Å². The Balaban J connectivity index is 1.42. The summed E-state index contributed by atoms with van der Waals surface area (Å²) < 4.78 is 38.4. The first kappa shape index (κ1) is 21.6. The van der Waals surface area contributed by atoms with E-state index in [0.717, 1.165) is 18.4 Å². The minimum Gasteiger partial charge on any atom is -0.486 e. The van der Waals surface area contributed by atoms with Gasteiger partial charge in [0.15, 0.2) is 11.5 Å². The number of carbonyl (C=O) groups excluding carboxylic acids is 1. The van der Waals surface area contributed by atoms with Crippen molar-refractivity contribution in [1.29, 1.82) is 0 Å². The lowest BCUT2D eigenvalue weighted by molar-refractivity contribution is 0.0939. The smallest absolute Gasteiger partial charge is 0.251 e. The maximum atomic E-state index is 12.9. The minimum absolute atomic E-state index is 0.221. The zero-order valence-corrected chi connectivity index (χ0v) is 18.7. The summed E-state index contributed by atoms with van der Waals surface area (Å²) in [6.45, 7) is 6.14. The molecule has 8 heteroatoms. The third kappa shape index (κ3) is 4.70. The fourth-order valence-electron chi connectivity index (χ4n) is 3.85. The van der Waals surface area contributed by atoms with Crippen molar-refractivity contribution in [1.82, 2.24) is 9.62 Å². The third-order valence-electron chi connectivity index (χ3n) is 5.91. The molecule has 2 heterocycles. The number of fused-ring (bicyclic) bond motifs is 1. The third-order valence-corrected chi connectivity index (χ3v) is 7.82. The molecule has 2 aromatic carbocycles. The van der Waals surface area contributed by atoms with Crippen LogP contribution in [0.15, 0.2) is 47.4 Å². The number of hydrogen-bond donors (Lipinski definition) is 1. The van der Waals surface area contributed by atoms with Crippen LogP contribution in [0.2, 0.25) is 0 Å². The largest absolute Gasteiger partial charge is 0.486 e. The summed E-state index contributed by atoms with van der Waals surface area (Å²) in [4.78, 5) is 12.9. The van der Waals surface area contributed by atoms with E-state index in [9.17, 15) is 13.2 Å². The zero-order chi connectivity index (χ0) is 22.0. The molecule has 0 spiro atoms. The van der Waals surface area contributed by atoms with Crippen LogP contribution in [0.1, 0.15) is 48.7 Å². The topological polar surface area (TPSA) is 84.9 Å². The number of carbonyl (C=O) groups is 1. The Labute approximate surface area is 183 Å². The van der Waals surface area contributed by atoms with Crippen LogP contribution in [0.25, 0.3) is 0 Å². The van der Waals surface area contributed by atoms with E-state index in [0.29, 0.717) is 49.3 Å². The van der Waals surface area contributed by atoms with Crippen LogP contribution in [0, 0.1) is 5.92 Å². The van der Waals surface area contributed by atoms with Crippen LogP contribution in [0.5, 0.6) is 11.5 Å². The molecule has 0 bridgehead atoms. The Morgan fingerprint density at radius 3 is 2.35 bits per heavy atom. The molecule has 2 aliphatic heterocycles. The van der Waals surface area contributed by atoms with Crippen LogP contribution < -0.4 is 14.8 Å². The number of nitrogens with one attached hydrogen (secondary N) is 1. The van der Waals surface area contributed by atoms with Gasteiger partial charge in [0.1, 0.15) is 13.2 Å². The lowest BCUT2D eigenvalue weighted by atomic mass is 10.0. The van der Waals surface area contributed by atoms with E-state index in [4.69, 9.17) is 9.47 Å². The van der Waals surface area contributed by atoms with Gasteiger partial charge >= 0.3 is 0 Å². The SMILES string of the molecule is CC1CCN(S(=O)(=O)c2ccc(C(=O)NC(C)c3ccc4c(c3)OCCO4)cc2)CC1. The Hall–Kier alpha value is -2.58. The van der Waals surface area contributed by atoms with Crippen molar-refractivity contribution in [2.75, 3.05) is 26.3 Å². The van der Waals surface area contributed by atoms with Crippen molar-refractivity contribution in [3.05, 3.63) is 53.6 Å². The molecule has 1 saturated heterocycles. The van der Waals surface area contributed by atoms with E-state index >= 15 is 0 Å². The van der Waals surface area contributed by atoms with Gasteiger partial charge in [-0.3, -0.25) is 4.79 Å². The normalized spacial score (nSPS) is 18.4. The number of nitrogens with zero attached hydrogens (tertiary/aromatic N) is 1.